The molecule has 0 atom stereocenters. The lowest BCUT2D eigenvalue weighted by atomic mass is 10.1. The van der Waals surface area contributed by atoms with Crippen LogP contribution in [0.25, 0.3) is 10.8 Å². The molecule has 140 valence electrons. The molecule has 4 aromatic rings. The van der Waals surface area contributed by atoms with Gasteiger partial charge in [0.25, 0.3) is 11.5 Å². The molecule has 28 heavy (non-hydrogen) atoms. The van der Waals surface area contributed by atoms with Crippen LogP contribution in [0.5, 0.6) is 0 Å². The number of carbonyl (C=O) groups excluding carboxylic acids is 1. The number of nitrogens with zero attached hydrogens (tertiary/aromatic N) is 1. The molecular formula is C20H13F2N3O2S. The Kier molecular flexibility index (Phi) is 4.70. The summed E-state index contributed by atoms with van der Waals surface area (Å²) in [5.41, 5.74) is 0.0988. The van der Waals surface area contributed by atoms with E-state index in [1.165, 1.54) is 29.7 Å². The number of hydrogen-bond acceptors (Lipinski definition) is 4. The van der Waals surface area contributed by atoms with Crippen LogP contribution in [0.15, 0.2) is 59.5 Å². The highest BCUT2D eigenvalue weighted by Crippen LogP contribution is 2.23. The lowest BCUT2D eigenvalue weighted by molar-refractivity contribution is 0.102. The fourth-order valence-electron chi connectivity index (χ4n) is 2.80. The summed E-state index contributed by atoms with van der Waals surface area (Å²) in [6.45, 7) is 0. The van der Waals surface area contributed by atoms with Crippen LogP contribution < -0.4 is 10.9 Å². The minimum absolute atomic E-state index is 0.116. The first kappa shape index (κ1) is 18.0. The van der Waals surface area contributed by atoms with Crippen LogP contribution >= 0.6 is 11.3 Å². The van der Waals surface area contributed by atoms with E-state index >= 15 is 0 Å². The summed E-state index contributed by atoms with van der Waals surface area (Å²) in [7, 11) is 0. The van der Waals surface area contributed by atoms with E-state index in [0.29, 0.717) is 26.3 Å². The van der Waals surface area contributed by atoms with Gasteiger partial charge >= 0.3 is 0 Å². The molecule has 1 amide bonds. The Balaban J connectivity index is 1.52. The van der Waals surface area contributed by atoms with Gasteiger partial charge in [-0.25, -0.2) is 13.8 Å². The number of anilines is 1. The highest BCUT2D eigenvalue weighted by atomic mass is 32.1. The molecule has 0 aliphatic heterocycles. The van der Waals surface area contributed by atoms with Gasteiger partial charge < -0.3 is 4.98 Å². The highest BCUT2D eigenvalue weighted by molar-refractivity contribution is 7.15. The summed E-state index contributed by atoms with van der Waals surface area (Å²) in [6, 6.07) is 11.9. The van der Waals surface area contributed by atoms with Crippen molar-refractivity contribution in [3.63, 3.8) is 0 Å². The first-order chi connectivity index (χ1) is 13.5. The van der Waals surface area contributed by atoms with Gasteiger partial charge in [0.15, 0.2) is 5.13 Å². The summed E-state index contributed by atoms with van der Waals surface area (Å²) in [4.78, 5) is 31.9. The first-order valence-electron chi connectivity index (χ1n) is 8.31. The number of benzene rings is 2. The van der Waals surface area contributed by atoms with Gasteiger partial charge in [0.05, 0.1) is 0 Å². The van der Waals surface area contributed by atoms with Gasteiger partial charge in [0, 0.05) is 28.9 Å². The molecule has 2 N–H and O–H groups in total. The molecular weight excluding hydrogens is 384 g/mol. The lowest BCUT2D eigenvalue weighted by Crippen LogP contribution is -2.18. The predicted molar refractivity (Wildman–Crippen MR) is 104 cm³/mol. The van der Waals surface area contributed by atoms with Crippen molar-refractivity contribution >= 4 is 33.1 Å². The van der Waals surface area contributed by atoms with Crippen molar-refractivity contribution in [1.82, 2.24) is 9.97 Å². The molecule has 2 heterocycles. The third kappa shape index (κ3) is 3.67. The number of amides is 1. The molecule has 5 nitrogen and oxygen atoms in total. The van der Waals surface area contributed by atoms with Gasteiger partial charge in [-0.15, -0.1) is 11.3 Å². The van der Waals surface area contributed by atoms with Crippen molar-refractivity contribution in [3.05, 3.63) is 92.9 Å². The smallest absolute Gasteiger partial charge is 0.273 e. The molecule has 8 heteroatoms. The molecule has 0 radical (unpaired) electrons. The number of halogens is 2. The van der Waals surface area contributed by atoms with Gasteiger partial charge in [-0.2, -0.15) is 0 Å². The van der Waals surface area contributed by atoms with Crippen molar-refractivity contribution < 1.29 is 13.6 Å². The fourth-order valence-corrected chi connectivity index (χ4v) is 3.63. The van der Waals surface area contributed by atoms with Crippen molar-refractivity contribution in [2.45, 2.75) is 6.42 Å². The number of H-pyrrole nitrogens is 1. The predicted octanol–water partition coefficient (Wildman–Crippen LogP) is 4.11. The normalized spacial score (nSPS) is 10.9. The quantitative estimate of drug-likeness (QED) is 0.544. The van der Waals surface area contributed by atoms with Gasteiger partial charge in [0.2, 0.25) is 0 Å². The number of hydrogen-bond donors (Lipinski definition) is 2. The van der Waals surface area contributed by atoms with Gasteiger partial charge in [-0.1, -0.05) is 24.3 Å². The molecule has 2 aromatic heterocycles. The number of rotatable bonds is 4. The molecule has 0 unspecified atom stereocenters. The maximum atomic E-state index is 13.8. The zero-order valence-electron chi connectivity index (χ0n) is 14.3. The van der Waals surface area contributed by atoms with E-state index in [1.807, 2.05) is 0 Å². The summed E-state index contributed by atoms with van der Waals surface area (Å²) >= 11 is 1.18. The number of fused-ring (bicyclic) bond motifs is 1. The molecule has 0 bridgehead atoms. The molecule has 0 aliphatic carbocycles. The van der Waals surface area contributed by atoms with Crippen LogP contribution in [0.2, 0.25) is 0 Å². The van der Waals surface area contributed by atoms with E-state index in [4.69, 9.17) is 0 Å². The zero-order valence-corrected chi connectivity index (χ0v) is 15.1. The number of carbonyl (C=O) groups is 1. The van der Waals surface area contributed by atoms with Gasteiger partial charge in [0.1, 0.15) is 17.3 Å². The molecule has 0 fully saturated rings. The average molecular weight is 397 g/mol. The van der Waals surface area contributed by atoms with Crippen LogP contribution in [-0.4, -0.2) is 15.9 Å². The van der Waals surface area contributed by atoms with Crippen LogP contribution in [-0.2, 0) is 6.42 Å². The summed E-state index contributed by atoms with van der Waals surface area (Å²) in [5, 5.41) is 4.09. The Morgan fingerprint density at radius 3 is 2.79 bits per heavy atom. The summed E-state index contributed by atoms with van der Waals surface area (Å²) in [5.74, 6) is -1.77. The number of nitrogens with one attached hydrogen (secondary N) is 2. The monoisotopic (exact) mass is 397 g/mol. The SMILES string of the molecule is O=C(Nc1ncc(Cc2ccc(F)cc2F)s1)c1cc2ccccc2c(=O)[nH]1. The van der Waals surface area contributed by atoms with E-state index < -0.39 is 17.5 Å². The largest absolute Gasteiger partial charge is 0.317 e. The standard InChI is InChI=1S/C20H13F2N3O2S/c21-13-6-5-12(16(22)9-13)7-14-10-23-20(28-14)25-19(27)17-8-11-3-1-2-4-15(11)18(26)24-17/h1-6,8-10H,7H2,(H,24,26)(H,23,25,27). The summed E-state index contributed by atoms with van der Waals surface area (Å²) < 4.78 is 26.8. The molecule has 2 aromatic carbocycles. The van der Waals surface area contributed by atoms with E-state index in [2.05, 4.69) is 15.3 Å². The minimum Gasteiger partial charge on any atom is -0.317 e. The van der Waals surface area contributed by atoms with E-state index in [9.17, 15) is 18.4 Å². The van der Waals surface area contributed by atoms with E-state index in [0.717, 1.165) is 6.07 Å². The maximum Gasteiger partial charge on any atom is 0.273 e. The van der Waals surface area contributed by atoms with Crippen LogP contribution in [0, 0.1) is 11.6 Å². The second-order valence-electron chi connectivity index (χ2n) is 6.10. The van der Waals surface area contributed by atoms with Crippen LogP contribution in [0.1, 0.15) is 20.9 Å². The maximum absolute atomic E-state index is 13.8. The average Bonchev–Trinajstić information content (AvgIpc) is 3.11. The molecule has 0 spiro atoms. The minimum atomic E-state index is -0.636. The first-order valence-corrected chi connectivity index (χ1v) is 9.13. The van der Waals surface area contributed by atoms with E-state index in [1.54, 1.807) is 30.3 Å². The van der Waals surface area contributed by atoms with Crippen molar-refractivity contribution in [1.29, 1.82) is 0 Å². The van der Waals surface area contributed by atoms with Crippen LogP contribution in [0.3, 0.4) is 0 Å². The topological polar surface area (TPSA) is 74.8 Å². The number of aromatic nitrogens is 2. The Labute approximate surface area is 161 Å². The Bertz CT molecular complexity index is 1250. The van der Waals surface area contributed by atoms with Gasteiger partial charge in [-0.3, -0.25) is 14.9 Å². The van der Waals surface area contributed by atoms with E-state index in [-0.39, 0.29) is 17.7 Å². The number of aromatic amines is 1. The second-order valence-corrected chi connectivity index (χ2v) is 7.21. The van der Waals surface area contributed by atoms with Crippen molar-refractivity contribution in [2.75, 3.05) is 5.32 Å². The molecule has 0 aliphatic rings. The molecule has 0 saturated carbocycles. The fraction of sp³-hybridized carbons (Fsp3) is 0.0500. The summed E-state index contributed by atoms with van der Waals surface area (Å²) in [6.07, 6.45) is 1.75. The second kappa shape index (κ2) is 7.32. The van der Waals surface area contributed by atoms with Crippen molar-refractivity contribution in [3.8, 4) is 0 Å². The Morgan fingerprint density at radius 1 is 1.14 bits per heavy atom. The molecule has 4 rings (SSSR count). The highest BCUT2D eigenvalue weighted by Gasteiger charge is 2.13. The number of thiazole rings is 1. The lowest BCUT2D eigenvalue weighted by Gasteiger charge is -2.04. The zero-order chi connectivity index (χ0) is 19.7. The third-order valence-electron chi connectivity index (χ3n) is 4.15. The van der Waals surface area contributed by atoms with Crippen molar-refractivity contribution in [2.24, 2.45) is 0 Å². The number of pyridine rings is 1. The third-order valence-corrected chi connectivity index (χ3v) is 5.06. The Hall–Kier alpha value is -3.39. The Morgan fingerprint density at radius 2 is 1.96 bits per heavy atom. The van der Waals surface area contributed by atoms with Gasteiger partial charge in [-0.05, 0) is 29.1 Å². The van der Waals surface area contributed by atoms with Crippen LogP contribution in [0.4, 0.5) is 13.9 Å². The molecule has 0 saturated heterocycles.